The summed E-state index contributed by atoms with van der Waals surface area (Å²) in [6.07, 6.45) is 7.65. The lowest BCUT2D eigenvalue weighted by atomic mass is 10.0. The molecule has 0 spiro atoms. The summed E-state index contributed by atoms with van der Waals surface area (Å²) < 4.78 is 5.29. The molecule has 1 rings (SSSR count). The summed E-state index contributed by atoms with van der Waals surface area (Å²) in [6.45, 7) is 0. The number of hydrazine groups is 1. The second-order valence-electron chi connectivity index (χ2n) is 3.62. The highest BCUT2D eigenvalue weighted by Gasteiger charge is 2.10. The molecule has 3 heteroatoms. The number of rotatable bonds is 6. The Labute approximate surface area is 97.0 Å². The number of hydrogen-bond donors (Lipinski definition) is 2. The van der Waals surface area contributed by atoms with E-state index >= 15 is 0 Å². The van der Waals surface area contributed by atoms with Crippen LogP contribution in [0.1, 0.15) is 18.4 Å². The van der Waals surface area contributed by atoms with Crippen LogP contribution in [0.2, 0.25) is 0 Å². The Morgan fingerprint density at radius 2 is 2.25 bits per heavy atom. The van der Waals surface area contributed by atoms with Crippen molar-refractivity contribution >= 4 is 0 Å². The number of para-hydroxylation sites is 1. The van der Waals surface area contributed by atoms with Crippen molar-refractivity contribution in [3.63, 3.8) is 0 Å². The van der Waals surface area contributed by atoms with E-state index in [-0.39, 0.29) is 6.04 Å². The second kappa shape index (κ2) is 6.89. The number of hydrogen-bond acceptors (Lipinski definition) is 3. The van der Waals surface area contributed by atoms with Crippen LogP contribution in [-0.4, -0.2) is 13.2 Å². The smallest absolute Gasteiger partial charge is 0.122 e. The van der Waals surface area contributed by atoms with E-state index in [0.29, 0.717) is 0 Å². The maximum absolute atomic E-state index is 5.49. The molecule has 1 atom stereocenters. The fourth-order valence-electron chi connectivity index (χ4n) is 1.64. The van der Waals surface area contributed by atoms with Gasteiger partial charge < -0.3 is 4.74 Å². The van der Waals surface area contributed by atoms with Gasteiger partial charge in [0.05, 0.1) is 7.11 Å². The van der Waals surface area contributed by atoms with Crippen molar-refractivity contribution in [3.8, 4) is 18.1 Å². The monoisotopic (exact) mass is 218 g/mol. The first-order valence-electron chi connectivity index (χ1n) is 5.33. The van der Waals surface area contributed by atoms with E-state index in [2.05, 4.69) is 11.3 Å². The Balaban J connectivity index is 2.66. The van der Waals surface area contributed by atoms with Crippen molar-refractivity contribution in [2.45, 2.75) is 25.3 Å². The molecule has 0 amide bonds. The van der Waals surface area contributed by atoms with Gasteiger partial charge in [0.25, 0.3) is 0 Å². The number of nitrogens with two attached hydrogens (primary N) is 1. The number of nitrogens with one attached hydrogen (secondary N) is 1. The van der Waals surface area contributed by atoms with Crippen LogP contribution in [0, 0.1) is 12.3 Å². The minimum atomic E-state index is 0.187. The van der Waals surface area contributed by atoms with Gasteiger partial charge in [-0.25, -0.2) is 0 Å². The molecule has 86 valence electrons. The van der Waals surface area contributed by atoms with E-state index in [0.717, 1.165) is 30.6 Å². The van der Waals surface area contributed by atoms with Gasteiger partial charge in [-0.05, 0) is 24.5 Å². The molecule has 0 heterocycles. The predicted molar refractivity (Wildman–Crippen MR) is 65.9 cm³/mol. The van der Waals surface area contributed by atoms with Crippen LogP contribution < -0.4 is 16.0 Å². The molecule has 0 aliphatic heterocycles. The van der Waals surface area contributed by atoms with E-state index in [9.17, 15) is 0 Å². The highest BCUT2D eigenvalue weighted by Crippen LogP contribution is 2.19. The molecular weight excluding hydrogens is 200 g/mol. The van der Waals surface area contributed by atoms with Gasteiger partial charge in [0, 0.05) is 12.5 Å². The third kappa shape index (κ3) is 3.58. The summed E-state index contributed by atoms with van der Waals surface area (Å²) in [6, 6.07) is 8.12. The average molecular weight is 218 g/mol. The van der Waals surface area contributed by atoms with Crippen LogP contribution in [0.5, 0.6) is 5.75 Å². The Morgan fingerprint density at radius 3 is 2.88 bits per heavy atom. The number of methoxy groups -OCH3 is 1. The number of ether oxygens (including phenoxy) is 1. The summed E-state index contributed by atoms with van der Waals surface area (Å²) in [5, 5.41) is 0. The van der Waals surface area contributed by atoms with Crippen LogP contribution in [0.4, 0.5) is 0 Å². The zero-order valence-corrected chi connectivity index (χ0v) is 9.57. The lowest BCUT2D eigenvalue weighted by Gasteiger charge is -2.16. The lowest BCUT2D eigenvalue weighted by Crippen LogP contribution is -2.36. The van der Waals surface area contributed by atoms with Crippen molar-refractivity contribution in [2.75, 3.05) is 7.11 Å². The van der Waals surface area contributed by atoms with Gasteiger partial charge in [-0.1, -0.05) is 18.2 Å². The molecule has 0 saturated carbocycles. The van der Waals surface area contributed by atoms with Gasteiger partial charge in [-0.15, -0.1) is 12.3 Å². The molecule has 1 aromatic rings. The van der Waals surface area contributed by atoms with Crippen LogP contribution in [0.3, 0.4) is 0 Å². The molecule has 0 aliphatic rings. The van der Waals surface area contributed by atoms with Crippen molar-refractivity contribution in [3.05, 3.63) is 29.8 Å². The van der Waals surface area contributed by atoms with Crippen molar-refractivity contribution in [1.29, 1.82) is 0 Å². The first kappa shape index (κ1) is 12.6. The minimum absolute atomic E-state index is 0.187. The summed E-state index contributed by atoms with van der Waals surface area (Å²) in [5.41, 5.74) is 3.93. The number of benzene rings is 1. The second-order valence-corrected chi connectivity index (χ2v) is 3.62. The highest BCUT2D eigenvalue weighted by molar-refractivity contribution is 5.33. The van der Waals surface area contributed by atoms with Gasteiger partial charge in [-0.2, -0.15) is 0 Å². The van der Waals surface area contributed by atoms with Crippen LogP contribution in [-0.2, 0) is 6.42 Å². The quantitative estimate of drug-likeness (QED) is 0.432. The average Bonchev–Trinajstić information content (AvgIpc) is 2.34. The lowest BCUT2D eigenvalue weighted by molar-refractivity contribution is 0.403. The molecule has 0 fully saturated rings. The zero-order valence-electron chi connectivity index (χ0n) is 9.57. The highest BCUT2D eigenvalue weighted by atomic mass is 16.5. The molecular formula is C13H18N2O. The molecule has 0 aliphatic carbocycles. The Hall–Kier alpha value is -1.50. The Kier molecular flexibility index (Phi) is 5.41. The zero-order chi connectivity index (χ0) is 11.8. The SMILES string of the molecule is C#CCCC(Cc1ccccc1OC)NN. The molecule has 3 N–H and O–H groups in total. The molecule has 0 bridgehead atoms. The van der Waals surface area contributed by atoms with Gasteiger partial charge in [0.2, 0.25) is 0 Å². The fourth-order valence-corrected chi connectivity index (χ4v) is 1.64. The maximum Gasteiger partial charge on any atom is 0.122 e. The molecule has 3 nitrogen and oxygen atoms in total. The van der Waals surface area contributed by atoms with E-state index in [1.165, 1.54) is 0 Å². The molecule has 1 aromatic carbocycles. The van der Waals surface area contributed by atoms with Gasteiger partial charge in [0.1, 0.15) is 5.75 Å². The van der Waals surface area contributed by atoms with Crippen molar-refractivity contribution in [2.24, 2.45) is 5.84 Å². The third-order valence-corrected chi connectivity index (χ3v) is 2.53. The summed E-state index contributed by atoms with van der Waals surface area (Å²) in [7, 11) is 1.67. The summed E-state index contributed by atoms with van der Waals surface area (Å²) >= 11 is 0. The molecule has 0 aromatic heterocycles. The van der Waals surface area contributed by atoms with Crippen molar-refractivity contribution in [1.82, 2.24) is 5.43 Å². The summed E-state index contributed by atoms with van der Waals surface area (Å²) in [4.78, 5) is 0. The Morgan fingerprint density at radius 1 is 1.50 bits per heavy atom. The van der Waals surface area contributed by atoms with Gasteiger partial charge in [-0.3, -0.25) is 11.3 Å². The first-order chi connectivity index (χ1) is 7.81. The molecule has 0 radical (unpaired) electrons. The third-order valence-electron chi connectivity index (χ3n) is 2.53. The van der Waals surface area contributed by atoms with E-state index in [4.69, 9.17) is 17.0 Å². The van der Waals surface area contributed by atoms with Crippen LogP contribution in [0.25, 0.3) is 0 Å². The minimum Gasteiger partial charge on any atom is -0.496 e. The van der Waals surface area contributed by atoms with E-state index in [1.54, 1.807) is 7.11 Å². The van der Waals surface area contributed by atoms with Crippen LogP contribution in [0.15, 0.2) is 24.3 Å². The predicted octanol–water partition coefficient (Wildman–Crippen LogP) is 1.48. The van der Waals surface area contributed by atoms with E-state index < -0.39 is 0 Å². The first-order valence-corrected chi connectivity index (χ1v) is 5.33. The topological polar surface area (TPSA) is 47.3 Å². The largest absolute Gasteiger partial charge is 0.496 e. The summed E-state index contributed by atoms with van der Waals surface area (Å²) in [5.74, 6) is 9.01. The molecule has 1 unspecified atom stereocenters. The molecule has 0 saturated heterocycles. The normalized spacial score (nSPS) is 11.8. The standard InChI is InChI=1S/C13H18N2O/c1-3-4-8-12(15-14)10-11-7-5-6-9-13(11)16-2/h1,5-7,9,12,15H,4,8,10,14H2,2H3. The molecule has 16 heavy (non-hydrogen) atoms. The van der Waals surface area contributed by atoms with Crippen molar-refractivity contribution < 1.29 is 4.74 Å². The van der Waals surface area contributed by atoms with Gasteiger partial charge in [0.15, 0.2) is 0 Å². The Bertz CT molecular complexity index is 357. The van der Waals surface area contributed by atoms with Gasteiger partial charge >= 0.3 is 0 Å². The van der Waals surface area contributed by atoms with Crippen LogP contribution >= 0.6 is 0 Å². The fraction of sp³-hybridized carbons (Fsp3) is 0.385. The van der Waals surface area contributed by atoms with E-state index in [1.807, 2.05) is 24.3 Å². The number of terminal acetylenes is 1. The maximum atomic E-state index is 5.49.